The number of nitrogens with zero attached hydrogens (tertiary/aromatic N) is 2. The van der Waals surface area contributed by atoms with Gasteiger partial charge in [-0.15, -0.1) is 0 Å². The molecule has 6 nitrogen and oxygen atoms in total. The first-order chi connectivity index (χ1) is 14.9. The molecule has 0 unspecified atom stereocenters. The predicted molar refractivity (Wildman–Crippen MR) is 116 cm³/mol. The smallest absolute Gasteiger partial charge is 0.329 e. The highest BCUT2D eigenvalue weighted by Crippen LogP contribution is 2.60. The predicted octanol–water partition coefficient (Wildman–Crippen LogP) is 3.40. The molecule has 5 fully saturated rings. The van der Waals surface area contributed by atoms with E-state index in [0.29, 0.717) is 30.7 Å². The first-order valence-corrected chi connectivity index (χ1v) is 11.7. The molecule has 1 saturated heterocycles. The lowest BCUT2D eigenvalue weighted by Gasteiger charge is -2.56. The van der Waals surface area contributed by atoms with Gasteiger partial charge in [0.1, 0.15) is 6.04 Å². The van der Waals surface area contributed by atoms with Crippen molar-refractivity contribution in [3.63, 3.8) is 0 Å². The molecule has 0 radical (unpaired) electrons. The number of likely N-dealkylation sites (N-methyl/N-ethyl adjacent to an activating group) is 1. The van der Waals surface area contributed by atoms with Gasteiger partial charge >= 0.3 is 5.97 Å². The molecule has 0 N–H and O–H groups in total. The van der Waals surface area contributed by atoms with Gasteiger partial charge in [-0.1, -0.05) is 18.2 Å². The number of ether oxygens (including phenoxy) is 1. The van der Waals surface area contributed by atoms with E-state index >= 15 is 0 Å². The summed E-state index contributed by atoms with van der Waals surface area (Å²) in [6.07, 6.45) is 8.29. The van der Waals surface area contributed by atoms with Crippen LogP contribution in [0.25, 0.3) is 0 Å². The fourth-order valence-corrected chi connectivity index (χ4v) is 7.05. The molecule has 6 rings (SSSR count). The van der Waals surface area contributed by atoms with Gasteiger partial charge < -0.3 is 14.5 Å². The Bertz CT molecular complexity index is 832. The third-order valence-corrected chi connectivity index (χ3v) is 8.13. The maximum Gasteiger partial charge on any atom is 0.329 e. The molecular formula is C25H32N2O4. The summed E-state index contributed by atoms with van der Waals surface area (Å²) in [5.74, 6) is 1.53. The molecule has 1 aromatic carbocycles. The molecule has 1 heterocycles. The lowest BCUT2D eigenvalue weighted by molar-refractivity contribution is -0.166. The van der Waals surface area contributed by atoms with Crippen molar-refractivity contribution in [3.05, 3.63) is 30.3 Å². The zero-order valence-corrected chi connectivity index (χ0v) is 18.3. The van der Waals surface area contributed by atoms with Crippen molar-refractivity contribution in [1.82, 2.24) is 4.90 Å². The monoisotopic (exact) mass is 424 g/mol. The highest BCUT2D eigenvalue weighted by molar-refractivity contribution is 5.95. The van der Waals surface area contributed by atoms with E-state index in [4.69, 9.17) is 4.74 Å². The van der Waals surface area contributed by atoms with E-state index in [-0.39, 0.29) is 23.8 Å². The van der Waals surface area contributed by atoms with Gasteiger partial charge in [0.25, 0.3) is 5.91 Å². The minimum atomic E-state index is -0.546. The summed E-state index contributed by atoms with van der Waals surface area (Å²) < 4.78 is 5.41. The van der Waals surface area contributed by atoms with Crippen LogP contribution < -0.4 is 4.90 Å². The van der Waals surface area contributed by atoms with Crippen LogP contribution in [0.4, 0.5) is 5.69 Å². The van der Waals surface area contributed by atoms with Crippen LogP contribution in [0, 0.1) is 23.2 Å². The fraction of sp³-hybridized carbons (Fsp3) is 0.640. The van der Waals surface area contributed by atoms with Crippen LogP contribution in [0.1, 0.15) is 51.4 Å². The number of esters is 1. The number of anilines is 1. The van der Waals surface area contributed by atoms with Crippen LogP contribution in [0.2, 0.25) is 0 Å². The Labute approximate surface area is 183 Å². The normalized spacial score (nSPS) is 33.4. The van der Waals surface area contributed by atoms with Crippen molar-refractivity contribution in [3.8, 4) is 0 Å². The molecule has 1 aromatic rings. The highest BCUT2D eigenvalue weighted by atomic mass is 16.5. The molecular weight excluding hydrogens is 392 g/mol. The molecule has 5 aliphatic rings. The largest absolute Gasteiger partial charge is 0.454 e. The molecule has 0 spiro atoms. The van der Waals surface area contributed by atoms with E-state index in [2.05, 4.69) is 0 Å². The second-order valence-corrected chi connectivity index (χ2v) is 10.3. The Morgan fingerprint density at radius 3 is 2.26 bits per heavy atom. The lowest BCUT2D eigenvalue weighted by atomic mass is 9.49. The van der Waals surface area contributed by atoms with Gasteiger partial charge in [0.15, 0.2) is 6.61 Å². The Morgan fingerprint density at radius 2 is 1.65 bits per heavy atom. The first kappa shape index (κ1) is 20.5. The van der Waals surface area contributed by atoms with Gasteiger partial charge in [0.2, 0.25) is 5.91 Å². The first-order valence-electron chi connectivity index (χ1n) is 11.7. The summed E-state index contributed by atoms with van der Waals surface area (Å²) in [7, 11) is 1.67. The van der Waals surface area contributed by atoms with E-state index in [9.17, 15) is 14.4 Å². The number of carbonyl (C=O) groups excluding carboxylic acids is 3. The zero-order chi connectivity index (χ0) is 21.6. The van der Waals surface area contributed by atoms with Crippen LogP contribution in [0.15, 0.2) is 30.3 Å². The van der Waals surface area contributed by atoms with E-state index < -0.39 is 12.0 Å². The summed E-state index contributed by atoms with van der Waals surface area (Å²) in [6.45, 7) is 0.318. The Balaban J connectivity index is 1.22. The van der Waals surface area contributed by atoms with Crippen molar-refractivity contribution in [2.75, 3.05) is 25.1 Å². The molecule has 1 atom stereocenters. The number of hydrogen-bond acceptors (Lipinski definition) is 4. The van der Waals surface area contributed by atoms with E-state index in [0.717, 1.165) is 31.4 Å². The minimum Gasteiger partial charge on any atom is -0.454 e. The SMILES string of the molecule is CN(C(=O)COC(=O)[C@H]1CCCN1C(=O)C12CC3CC(CC(C3)C1)C2)c1ccccc1. The van der Waals surface area contributed by atoms with Gasteiger partial charge in [0, 0.05) is 19.3 Å². The second-order valence-electron chi connectivity index (χ2n) is 10.3. The van der Waals surface area contributed by atoms with Crippen LogP contribution in [0.3, 0.4) is 0 Å². The summed E-state index contributed by atoms with van der Waals surface area (Å²) in [4.78, 5) is 42.3. The quantitative estimate of drug-likeness (QED) is 0.680. The molecule has 0 aromatic heterocycles. The maximum atomic E-state index is 13.7. The van der Waals surface area contributed by atoms with E-state index in [1.54, 1.807) is 11.9 Å². The average Bonchev–Trinajstić information content (AvgIpc) is 3.25. The average molecular weight is 425 g/mol. The van der Waals surface area contributed by atoms with Crippen LogP contribution in [0.5, 0.6) is 0 Å². The van der Waals surface area contributed by atoms with Gasteiger partial charge in [-0.05, 0) is 81.3 Å². The number of carbonyl (C=O) groups is 3. The van der Waals surface area contributed by atoms with E-state index in [1.807, 2.05) is 30.3 Å². The third-order valence-electron chi connectivity index (χ3n) is 8.13. The molecule has 31 heavy (non-hydrogen) atoms. The van der Waals surface area contributed by atoms with Gasteiger partial charge in [-0.25, -0.2) is 4.79 Å². The molecule has 4 bridgehead atoms. The summed E-state index contributed by atoms with van der Waals surface area (Å²) in [5.41, 5.74) is 0.504. The molecule has 6 heteroatoms. The molecule has 2 amide bonds. The van der Waals surface area contributed by atoms with Crippen molar-refractivity contribution in [1.29, 1.82) is 0 Å². The van der Waals surface area contributed by atoms with Gasteiger partial charge in [-0.3, -0.25) is 9.59 Å². The number of amides is 2. The fourth-order valence-electron chi connectivity index (χ4n) is 7.05. The summed E-state index contributed by atoms with van der Waals surface area (Å²) in [6, 6.07) is 8.73. The Hall–Kier alpha value is -2.37. The number of benzene rings is 1. The molecule has 4 saturated carbocycles. The van der Waals surface area contributed by atoms with E-state index in [1.165, 1.54) is 24.2 Å². The standard InChI is InChI=1S/C25H32N2O4/c1-26(20-6-3-2-4-7-20)22(28)16-31-23(29)21-8-5-9-27(21)24(30)25-13-17-10-18(14-25)12-19(11-17)15-25/h2-4,6-7,17-19,21H,5,8-16H2,1H3/t17?,18?,19?,21-,25?/m1/s1. The Morgan fingerprint density at radius 1 is 1.03 bits per heavy atom. The number of likely N-dealkylation sites (tertiary alicyclic amines) is 1. The maximum absolute atomic E-state index is 13.7. The van der Waals surface area contributed by atoms with Gasteiger partial charge in [-0.2, -0.15) is 0 Å². The van der Waals surface area contributed by atoms with Gasteiger partial charge in [0.05, 0.1) is 5.41 Å². The summed E-state index contributed by atoms with van der Waals surface area (Å²) in [5, 5.41) is 0. The minimum absolute atomic E-state index is 0.179. The number of para-hydroxylation sites is 1. The molecule has 4 aliphatic carbocycles. The van der Waals surface area contributed by atoms with Crippen LogP contribution >= 0.6 is 0 Å². The van der Waals surface area contributed by atoms with Crippen molar-refractivity contribution in [2.24, 2.45) is 23.2 Å². The molecule has 1 aliphatic heterocycles. The third kappa shape index (κ3) is 3.74. The van der Waals surface area contributed by atoms with Crippen molar-refractivity contribution >= 4 is 23.5 Å². The second kappa shape index (κ2) is 7.95. The van der Waals surface area contributed by atoms with Crippen LogP contribution in [-0.2, 0) is 19.1 Å². The lowest BCUT2D eigenvalue weighted by Crippen LogP contribution is -2.56. The Kier molecular flexibility index (Phi) is 5.27. The number of hydrogen-bond donors (Lipinski definition) is 0. The van der Waals surface area contributed by atoms with Crippen molar-refractivity contribution < 1.29 is 19.1 Å². The summed E-state index contributed by atoms with van der Waals surface area (Å²) >= 11 is 0. The van der Waals surface area contributed by atoms with Crippen LogP contribution in [-0.4, -0.2) is 48.9 Å². The zero-order valence-electron chi connectivity index (χ0n) is 18.3. The molecule has 166 valence electrons. The highest BCUT2D eigenvalue weighted by Gasteiger charge is 2.57. The number of rotatable bonds is 5. The topological polar surface area (TPSA) is 66.9 Å². The van der Waals surface area contributed by atoms with Crippen molar-refractivity contribution in [2.45, 2.75) is 57.4 Å².